The number of phenolic OH excluding ortho intramolecular Hbond substituents is 1. The van der Waals surface area contributed by atoms with Crippen LogP contribution in [-0.2, 0) is 59.4 Å². The molecule has 20 heteroatoms. The number of phenols is 1. The Morgan fingerprint density at radius 1 is 1.09 bits per heavy atom. The van der Waals surface area contributed by atoms with Crippen molar-refractivity contribution in [1.29, 1.82) is 5.26 Å². The SMILES string of the molecule is C=CC(=O)N1CC[C@H](C(=O)N(C)[C@H](C(=O)N[C@H]2Cc3cc(O)cc(c3)-c3ccc4c(c3)c(c(-c3cccnc3COC)n4CC#N)CC(C)(C)COC(=O)[C@@H]3CCCN(N3)C2=O)C(C)C)C1.S.S.S.S. The maximum atomic E-state index is 14.7. The van der Waals surface area contributed by atoms with Gasteiger partial charge >= 0.3 is 5.97 Å². The number of nitrogens with zero attached hydrogens (tertiary/aromatic N) is 6. The number of amides is 4. The van der Waals surface area contributed by atoms with Gasteiger partial charge in [0.15, 0.2) is 0 Å². The number of nitriles is 1. The lowest BCUT2D eigenvalue weighted by atomic mass is 9.84. The summed E-state index contributed by atoms with van der Waals surface area (Å²) in [6.07, 6.45) is 4.66. The van der Waals surface area contributed by atoms with Gasteiger partial charge < -0.3 is 34.3 Å². The number of aromatic hydroxyl groups is 1. The number of pyridine rings is 1. The lowest BCUT2D eigenvalue weighted by molar-refractivity contribution is -0.155. The molecule has 16 nitrogen and oxygen atoms in total. The number of aromatic nitrogens is 2. The fourth-order valence-electron chi connectivity index (χ4n) is 9.72. The van der Waals surface area contributed by atoms with Crippen molar-refractivity contribution < 1.29 is 38.6 Å². The van der Waals surface area contributed by atoms with Crippen molar-refractivity contribution in [2.24, 2.45) is 17.3 Å². The highest BCUT2D eigenvalue weighted by atomic mass is 32.1. The highest BCUT2D eigenvalue weighted by Crippen LogP contribution is 2.41. The van der Waals surface area contributed by atoms with Crippen LogP contribution in [0.5, 0.6) is 5.75 Å². The minimum Gasteiger partial charge on any atom is -0.508 e. The Kier molecular flexibility index (Phi) is 21.4. The van der Waals surface area contributed by atoms with Crippen LogP contribution in [0.2, 0.25) is 0 Å². The molecule has 7 rings (SSSR count). The highest BCUT2D eigenvalue weighted by molar-refractivity contribution is 7.59. The van der Waals surface area contributed by atoms with Crippen molar-refractivity contribution in [2.75, 3.05) is 40.4 Å². The number of fused-ring (bicyclic) bond motifs is 6. The predicted molar refractivity (Wildman–Crippen MR) is 288 cm³/mol. The third-order valence-electron chi connectivity index (χ3n) is 12.9. The molecule has 4 atom stereocenters. The number of carbonyl (C=O) groups is 5. The largest absolute Gasteiger partial charge is 0.508 e. The summed E-state index contributed by atoms with van der Waals surface area (Å²) in [4.78, 5) is 76.9. The quantitative estimate of drug-likeness (QED) is 0.137. The van der Waals surface area contributed by atoms with Gasteiger partial charge in [-0.3, -0.25) is 34.0 Å². The summed E-state index contributed by atoms with van der Waals surface area (Å²) in [5.41, 5.74) is 8.45. The van der Waals surface area contributed by atoms with Gasteiger partial charge in [-0.1, -0.05) is 46.4 Å². The van der Waals surface area contributed by atoms with Crippen LogP contribution in [0.15, 0.2) is 67.4 Å². The van der Waals surface area contributed by atoms with E-state index in [1.54, 1.807) is 37.4 Å². The Balaban J connectivity index is 0.00000324. The van der Waals surface area contributed by atoms with Gasteiger partial charge in [0.2, 0.25) is 17.7 Å². The Labute approximate surface area is 438 Å². The smallest absolute Gasteiger partial charge is 0.324 e. The van der Waals surface area contributed by atoms with Crippen LogP contribution < -0.4 is 10.7 Å². The van der Waals surface area contributed by atoms with Crippen LogP contribution in [0, 0.1) is 28.6 Å². The van der Waals surface area contributed by atoms with Gasteiger partial charge in [0, 0.05) is 68.3 Å². The van der Waals surface area contributed by atoms with E-state index in [4.69, 9.17) is 9.47 Å². The number of nitrogens with one attached hydrogen (secondary N) is 2. The Hall–Kier alpha value is -5.17. The summed E-state index contributed by atoms with van der Waals surface area (Å²) in [6, 6.07) is 14.1. The summed E-state index contributed by atoms with van der Waals surface area (Å²) in [5.74, 6) is -3.05. The molecule has 6 bridgehead atoms. The first-order valence-electron chi connectivity index (χ1n) is 22.5. The molecule has 2 saturated heterocycles. The molecule has 0 saturated carbocycles. The third kappa shape index (κ3) is 12.8. The average molecular weight is 1040 g/mol. The Bertz CT molecular complexity index is 2600. The van der Waals surface area contributed by atoms with Crippen LogP contribution in [0.4, 0.5) is 0 Å². The maximum absolute atomic E-state index is 14.7. The van der Waals surface area contributed by atoms with E-state index in [9.17, 15) is 34.3 Å². The monoisotopic (exact) mass is 1040 g/mol. The van der Waals surface area contributed by atoms with Gasteiger partial charge in [0.05, 0.1) is 36.6 Å². The second-order valence-electron chi connectivity index (χ2n) is 18.8. The summed E-state index contributed by atoms with van der Waals surface area (Å²) in [7, 11) is 3.17. The van der Waals surface area contributed by atoms with Crippen molar-refractivity contribution in [1.82, 2.24) is 35.1 Å². The first-order chi connectivity index (χ1) is 31.5. The molecule has 0 unspecified atom stereocenters. The van der Waals surface area contributed by atoms with Crippen LogP contribution in [0.3, 0.4) is 0 Å². The number of cyclic esters (lactones) is 1. The van der Waals surface area contributed by atoms with Crippen LogP contribution in [-0.4, -0.2) is 118 Å². The van der Waals surface area contributed by atoms with Crippen molar-refractivity contribution in [3.8, 4) is 34.2 Å². The summed E-state index contributed by atoms with van der Waals surface area (Å²) < 4.78 is 13.6. The second-order valence-corrected chi connectivity index (χ2v) is 18.8. The number of carbonyl (C=O) groups excluding carboxylic acids is 5. The molecule has 0 radical (unpaired) electrons. The van der Waals surface area contributed by atoms with Crippen molar-refractivity contribution >= 4 is 94.5 Å². The van der Waals surface area contributed by atoms with Gasteiger partial charge in [-0.15, -0.1) is 0 Å². The van der Waals surface area contributed by atoms with Crippen LogP contribution >= 0.6 is 54.0 Å². The van der Waals surface area contributed by atoms with E-state index in [2.05, 4.69) is 28.4 Å². The fourth-order valence-corrected chi connectivity index (χ4v) is 9.72. The number of methoxy groups -OCH3 is 1. The zero-order valence-electron chi connectivity index (χ0n) is 40.6. The molecule has 0 aliphatic carbocycles. The zero-order valence-corrected chi connectivity index (χ0v) is 44.6. The van der Waals surface area contributed by atoms with Crippen molar-refractivity contribution in [3.63, 3.8) is 0 Å². The molecule has 2 aromatic carbocycles. The lowest BCUT2D eigenvalue weighted by Gasteiger charge is -2.37. The van der Waals surface area contributed by atoms with Crippen LogP contribution in [0.1, 0.15) is 63.8 Å². The number of likely N-dealkylation sites (N-methyl/N-ethyl adjacent to an activating group) is 1. The highest BCUT2D eigenvalue weighted by Gasteiger charge is 2.40. The first kappa shape index (κ1) is 59.1. The molecule has 5 heterocycles. The minimum absolute atomic E-state index is 0. The van der Waals surface area contributed by atoms with Gasteiger partial charge in [0.1, 0.15) is 30.4 Å². The molecule has 4 amide bonds. The molecule has 3 N–H and O–H groups in total. The molecule has 0 spiro atoms. The molecule has 3 aliphatic rings. The normalized spacial score (nSPS) is 19.1. The minimum atomic E-state index is -1.19. The van der Waals surface area contributed by atoms with E-state index in [-0.39, 0.29) is 117 Å². The average Bonchev–Trinajstić information content (AvgIpc) is 3.90. The van der Waals surface area contributed by atoms with E-state index in [1.165, 1.54) is 16.0 Å². The van der Waals surface area contributed by atoms with Gasteiger partial charge in [0.25, 0.3) is 5.91 Å². The molecule has 2 aromatic heterocycles. The Morgan fingerprint density at radius 2 is 1.83 bits per heavy atom. The summed E-state index contributed by atoms with van der Waals surface area (Å²) in [5, 5.41) is 26.7. The number of hydrogen-bond donors (Lipinski definition) is 3. The van der Waals surface area contributed by atoms with E-state index >= 15 is 0 Å². The Morgan fingerprint density at radius 3 is 2.51 bits per heavy atom. The number of rotatable bonds is 10. The van der Waals surface area contributed by atoms with E-state index in [0.29, 0.717) is 49.0 Å². The summed E-state index contributed by atoms with van der Waals surface area (Å²) >= 11 is 0. The lowest BCUT2D eigenvalue weighted by Crippen LogP contribution is -2.62. The van der Waals surface area contributed by atoms with Crippen molar-refractivity contribution in [3.05, 3.63) is 84.2 Å². The van der Waals surface area contributed by atoms with E-state index in [1.807, 2.05) is 68.7 Å². The predicted octanol–water partition coefficient (Wildman–Crippen LogP) is 5.36. The topological polar surface area (TPSA) is 199 Å². The molecule has 3 aliphatic heterocycles. The molecule has 380 valence electrons. The molecular formula is C50H68N8O8S4. The van der Waals surface area contributed by atoms with Crippen molar-refractivity contribution in [2.45, 2.75) is 91.1 Å². The van der Waals surface area contributed by atoms with Gasteiger partial charge in [-0.05, 0) is 96.3 Å². The number of ether oxygens (including phenoxy) is 2. The maximum Gasteiger partial charge on any atom is 0.324 e. The second kappa shape index (κ2) is 25.3. The van der Waals surface area contributed by atoms with E-state index < -0.39 is 47.2 Å². The zero-order chi connectivity index (χ0) is 47.4. The third-order valence-corrected chi connectivity index (χ3v) is 12.9. The van der Waals surface area contributed by atoms with Crippen LogP contribution in [0.25, 0.3) is 33.3 Å². The molecule has 4 aromatic rings. The fraction of sp³-hybridized carbons (Fsp3) is 0.460. The number of esters is 1. The standard InChI is InChI=1S/C50H60N8O8.4H2S/c1-8-43(60)56-19-15-33(27-56)47(62)55(6)44(30(2)3)46(61)53-40-23-31-21-34(24-35(59)22-31)32-13-14-42-37(25-32)38(45(57(42)20-16-51)36-11-9-17-52-41(36)28-65-7)26-50(4,5)29-66-49(64)39-12-10-18-58(54-39)48(40)63;;;;/h8-9,11,13-14,17,21-22,24-25,30,33,39-40,44,54,59H,1,10,12,15,18-20,23,26-29H2,2-7H3,(H,53,61);4*1H2/t33-,39-,40-,44-;;;;/m0..../s1. The number of likely N-dealkylation sites (tertiary alicyclic amines) is 1. The van der Waals surface area contributed by atoms with Gasteiger partial charge in [-0.2, -0.15) is 59.2 Å². The van der Waals surface area contributed by atoms with Gasteiger partial charge in [-0.25, -0.2) is 5.43 Å². The first-order valence-corrected chi connectivity index (χ1v) is 22.5. The van der Waals surface area contributed by atoms with E-state index in [0.717, 1.165) is 33.3 Å². The molecule has 2 fully saturated rings. The summed E-state index contributed by atoms with van der Waals surface area (Å²) in [6.45, 7) is 12.4. The number of hydrogen-bond acceptors (Lipinski definition) is 11. The number of hydrazine groups is 1. The molecular weight excluding hydrogens is 969 g/mol. The number of benzene rings is 2. The molecule has 70 heavy (non-hydrogen) atoms.